The third-order valence-corrected chi connectivity index (χ3v) is 6.76. The lowest BCUT2D eigenvalue weighted by Gasteiger charge is -2.18. The van der Waals surface area contributed by atoms with E-state index in [9.17, 15) is 24.6 Å². The number of aryl methyl sites for hydroxylation is 2. The van der Waals surface area contributed by atoms with E-state index in [0.29, 0.717) is 27.8 Å². The van der Waals surface area contributed by atoms with Crippen LogP contribution in [0.25, 0.3) is 21.9 Å². The fraction of sp³-hybridized carbons (Fsp3) is 0.296. The summed E-state index contributed by atoms with van der Waals surface area (Å²) < 4.78 is 11.3. The molecule has 36 heavy (non-hydrogen) atoms. The van der Waals surface area contributed by atoms with E-state index >= 15 is 0 Å². The van der Waals surface area contributed by atoms with Crippen molar-refractivity contribution in [2.24, 2.45) is 0 Å². The first-order valence-corrected chi connectivity index (χ1v) is 11.8. The van der Waals surface area contributed by atoms with Crippen molar-refractivity contribution < 1.29 is 29.0 Å². The Bertz CT molecular complexity index is 1550. The van der Waals surface area contributed by atoms with E-state index in [1.165, 1.54) is 6.07 Å². The molecule has 2 aromatic heterocycles. The van der Waals surface area contributed by atoms with Crippen LogP contribution < -0.4 is 15.7 Å². The van der Waals surface area contributed by atoms with Crippen molar-refractivity contribution in [2.45, 2.75) is 45.1 Å². The molecule has 0 radical (unpaired) electrons. The van der Waals surface area contributed by atoms with Crippen molar-refractivity contribution in [3.05, 3.63) is 69.2 Å². The molecule has 0 saturated heterocycles. The quantitative estimate of drug-likeness (QED) is 0.291. The molecule has 0 aliphatic heterocycles. The van der Waals surface area contributed by atoms with Gasteiger partial charge in [0.25, 0.3) is 5.91 Å². The van der Waals surface area contributed by atoms with Crippen molar-refractivity contribution in [3.63, 3.8) is 0 Å². The summed E-state index contributed by atoms with van der Waals surface area (Å²) in [5.41, 5.74) is 3.90. The Kier molecular flexibility index (Phi) is 6.13. The van der Waals surface area contributed by atoms with Gasteiger partial charge in [-0.1, -0.05) is 0 Å². The molecule has 9 heteroatoms. The molecule has 0 saturated carbocycles. The van der Waals surface area contributed by atoms with Crippen LogP contribution in [0.4, 0.5) is 0 Å². The Hall–Kier alpha value is -4.27. The van der Waals surface area contributed by atoms with Gasteiger partial charge in [0, 0.05) is 40.0 Å². The SMILES string of the molecule is Cc1c(OCC(=O)N[C@@H](Cc2c[nH]c3ccc(O)cc23)C(=O)O)ccc2c3c(c(=O)oc12)CCCC3. The highest BCUT2D eigenvalue weighted by Crippen LogP contribution is 2.32. The number of benzene rings is 2. The van der Waals surface area contributed by atoms with Gasteiger partial charge in [-0.05, 0) is 74.1 Å². The van der Waals surface area contributed by atoms with Crippen LogP contribution in [0.5, 0.6) is 11.5 Å². The number of phenols is 1. The predicted molar refractivity (Wildman–Crippen MR) is 133 cm³/mol. The lowest BCUT2D eigenvalue weighted by molar-refractivity contribution is -0.142. The van der Waals surface area contributed by atoms with Crippen molar-refractivity contribution >= 4 is 33.7 Å². The number of H-pyrrole nitrogens is 1. The lowest BCUT2D eigenvalue weighted by Crippen LogP contribution is -2.44. The fourth-order valence-electron chi connectivity index (χ4n) is 4.92. The zero-order valence-electron chi connectivity index (χ0n) is 19.7. The van der Waals surface area contributed by atoms with Gasteiger partial charge in [-0.15, -0.1) is 0 Å². The Labute approximate surface area is 205 Å². The molecule has 5 rings (SSSR count). The zero-order chi connectivity index (χ0) is 25.4. The summed E-state index contributed by atoms with van der Waals surface area (Å²) >= 11 is 0. The first-order chi connectivity index (χ1) is 17.3. The largest absolute Gasteiger partial charge is 0.508 e. The smallest absolute Gasteiger partial charge is 0.339 e. The number of aliphatic carboxylic acids is 1. The Morgan fingerprint density at radius 3 is 2.69 bits per heavy atom. The molecule has 0 spiro atoms. The maximum atomic E-state index is 12.6. The maximum absolute atomic E-state index is 12.6. The predicted octanol–water partition coefficient (Wildman–Crippen LogP) is 3.36. The third kappa shape index (κ3) is 4.39. The number of aromatic amines is 1. The summed E-state index contributed by atoms with van der Waals surface area (Å²) in [6.45, 7) is 1.36. The van der Waals surface area contributed by atoms with Crippen LogP contribution in [0.15, 0.2) is 45.7 Å². The molecule has 0 fully saturated rings. The highest BCUT2D eigenvalue weighted by Gasteiger charge is 2.23. The minimum absolute atomic E-state index is 0.0236. The number of rotatable bonds is 7. The van der Waals surface area contributed by atoms with E-state index in [1.54, 1.807) is 31.3 Å². The van der Waals surface area contributed by atoms with Crippen LogP contribution in [0.1, 0.15) is 35.1 Å². The summed E-state index contributed by atoms with van der Waals surface area (Å²) in [6.07, 6.45) is 5.22. The zero-order valence-corrected chi connectivity index (χ0v) is 19.7. The Balaban J connectivity index is 1.30. The molecule has 2 aromatic carbocycles. The van der Waals surface area contributed by atoms with Crippen LogP contribution >= 0.6 is 0 Å². The molecule has 0 unspecified atom stereocenters. The summed E-state index contributed by atoms with van der Waals surface area (Å²) in [7, 11) is 0. The summed E-state index contributed by atoms with van der Waals surface area (Å²) in [5, 5.41) is 23.5. The van der Waals surface area contributed by atoms with Gasteiger partial charge in [0.15, 0.2) is 6.61 Å². The monoisotopic (exact) mass is 490 g/mol. The third-order valence-electron chi connectivity index (χ3n) is 6.76. The number of fused-ring (bicyclic) bond motifs is 4. The number of hydrogen-bond donors (Lipinski definition) is 4. The number of carbonyl (C=O) groups excluding carboxylic acids is 1. The standard InChI is InChI=1S/C27H26N2O7/c1-14-23(9-7-18-17-4-2-3-5-19(17)27(34)36-25(14)18)35-13-24(31)29-22(26(32)33)10-15-12-28-21-8-6-16(30)11-20(15)21/h6-9,11-12,22,28,30H,2-5,10,13H2,1H3,(H,29,31)(H,32,33)/t22-/m0/s1. The van der Waals surface area contributed by atoms with E-state index in [1.807, 2.05) is 6.07 Å². The number of aromatic nitrogens is 1. The van der Waals surface area contributed by atoms with Crippen molar-refractivity contribution in [1.82, 2.24) is 10.3 Å². The first-order valence-electron chi connectivity index (χ1n) is 11.8. The normalized spacial score (nSPS) is 13.9. The molecule has 1 amide bonds. The van der Waals surface area contributed by atoms with Crippen molar-refractivity contribution in [1.29, 1.82) is 0 Å². The van der Waals surface area contributed by atoms with Gasteiger partial charge in [-0.25, -0.2) is 9.59 Å². The second kappa shape index (κ2) is 9.41. The number of amides is 1. The minimum Gasteiger partial charge on any atom is -0.508 e. The first kappa shape index (κ1) is 23.5. The second-order valence-corrected chi connectivity index (χ2v) is 9.11. The average molecular weight is 491 g/mol. The number of carboxylic acid groups (broad SMARTS) is 1. The molecule has 186 valence electrons. The molecule has 0 bridgehead atoms. The molecule has 2 heterocycles. The molecule has 1 aliphatic rings. The lowest BCUT2D eigenvalue weighted by atomic mass is 9.90. The molecular formula is C27H26N2O7. The van der Waals surface area contributed by atoms with E-state index < -0.39 is 24.5 Å². The number of hydrogen-bond acceptors (Lipinski definition) is 6. The maximum Gasteiger partial charge on any atom is 0.339 e. The van der Waals surface area contributed by atoms with Crippen LogP contribution in [0.3, 0.4) is 0 Å². The van der Waals surface area contributed by atoms with Crippen LogP contribution in [-0.4, -0.2) is 39.7 Å². The summed E-state index contributed by atoms with van der Waals surface area (Å²) in [5.74, 6) is -1.34. The van der Waals surface area contributed by atoms with E-state index in [-0.39, 0.29) is 17.8 Å². The van der Waals surface area contributed by atoms with Gasteiger partial charge < -0.3 is 29.7 Å². The highest BCUT2D eigenvalue weighted by molar-refractivity contribution is 5.88. The number of carboxylic acids is 1. The minimum atomic E-state index is -1.19. The van der Waals surface area contributed by atoms with Gasteiger partial charge >= 0.3 is 11.6 Å². The van der Waals surface area contributed by atoms with Gasteiger partial charge in [0.1, 0.15) is 23.1 Å². The summed E-state index contributed by atoms with van der Waals surface area (Å²) in [4.78, 5) is 39.9. The number of phenolic OH excluding ortho intramolecular Hbond substituents is 1. The molecule has 9 nitrogen and oxygen atoms in total. The second-order valence-electron chi connectivity index (χ2n) is 9.11. The number of nitrogens with one attached hydrogen (secondary N) is 2. The summed E-state index contributed by atoms with van der Waals surface area (Å²) in [6, 6.07) is 7.17. The van der Waals surface area contributed by atoms with Crippen LogP contribution in [-0.2, 0) is 28.9 Å². The van der Waals surface area contributed by atoms with Crippen molar-refractivity contribution in [3.8, 4) is 11.5 Å². The van der Waals surface area contributed by atoms with Crippen LogP contribution in [0, 0.1) is 6.92 Å². The van der Waals surface area contributed by atoms with E-state index in [4.69, 9.17) is 9.15 Å². The number of aromatic hydroxyl groups is 1. The van der Waals surface area contributed by atoms with E-state index in [0.717, 1.165) is 47.7 Å². The van der Waals surface area contributed by atoms with Gasteiger partial charge in [0.05, 0.1) is 0 Å². The Morgan fingerprint density at radius 1 is 1.14 bits per heavy atom. The van der Waals surface area contributed by atoms with Gasteiger partial charge in [-0.3, -0.25) is 4.79 Å². The van der Waals surface area contributed by atoms with Gasteiger partial charge in [-0.2, -0.15) is 0 Å². The van der Waals surface area contributed by atoms with E-state index in [2.05, 4.69) is 10.3 Å². The molecule has 4 aromatic rings. The number of ether oxygens (including phenoxy) is 1. The topological polar surface area (TPSA) is 142 Å². The number of carbonyl (C=O) groups is 2. The average Bonchev–Trinajstić information content (AvgIpc) is 3.25. The molecule has 4 N–H and O–H groups in total. The van der Waals surface area contributed by atoms with Crippen molar-refractivity contribution in [2.75, 3.05) is 6.61 Å². The molecular weight excluding hydrogens is 464 g/mol. The molecule has 1 aliphatic carbocycles. The molecule has 1 atom stereocenters. The Morgan fingerprint density at radius 2 is 1.92 bits per heavy atom. The highest BCUT2D eigenvalue weighted by atomic mass is 16.5. The van der Waals surface area contributed by atoms with Gasteiger partial charge in [0.2, 0.25) is 0 Å². The van der Waals surface area contributed by atoms with Crippen LogP contribution in [0.2, 0.25) is 0 Å². The fourth-order valence-corrected chi connectivity index (χ4v) is 4.92.